The molecule has 11 aliphatic carbocycles. The molecule has 0 saturated heterocycles. The fourth-order valence-corrected chi connectivity index (χ4v) is 27.8. The summed E-state index contributed by atoms with van der Waals surface area (Å²) in [6, 6.07) is 116. The van der Waals surface area contributed by atoms with E-state index in [1.807, 2.05) is 12.2 Å². The van der Waals surface area contributed by atoms with E-state index in [9.17, 15) is 0 Å². The molecule has 4 nitrogen and oxygen atoms in total. The van der Waals surface area contributed by atoms with Crippen LogP contribution in [0.5, 0.6) is 0 Å². The van der Waals surface area contributed by atoms with Gasteiger partial charge in [0.1, 0.15) is 0 Å². The summed E-state index contributed by atoms with van der Waals surface area (Å²) in [5.41, 5.74) is 46.9. The largest absolute Gasteiger partial charge is 0.310 e. The van der Waals surface area contributed by atoms with Crippen LogP contribution in [-0.4, -0.2) is 0 Å². The fraction of sp³-hybridized carbons (Fsp3) is 0.318. The molecule has 8 fully saturated rings. The molecule has 0 amide bonds. The van der Waals surface area contributed by atoms with Gasteiger partial charge in [-0.3, -0.25) is 0 Å². The maximum atomic E-state index is 4.04. The molecule has 0 heterocycles. The van der Waals surface area contributed by atoms with E-state index in [2.05, 4.69) is 406 Å². The Hall–Kier alpha value is -12.2. The smallest absolute Gasteiger partial charge is 0.0494 e. The van der Waals surface area contributed by atoms with E-state index in [1.165, 1.54) is 290 Å². The van der Waals surface area contributed by atoms with Gasteiger partial charge in [0.15, 0.2) is 0 Å². The molecule has 25 rings (SSSR count). The Balaban J connectivity index is 0.000000155. The standard InChI is InChI=1S/C65H68N2.C64H64N2/c1-9-11-12-48-19-29-55(30-20-48)67(56-31-23-52(24-32-56)65-40-49-35-50(41-65)39-64(38-49,42-65)51-21-17-47(10-2)18-22-51)62-37-60-58(34-46(62)6)57-33-45(5)61(36-59(57)63(60,7)8)66(53-25-13-43(3)14-26-53)54-27-15-44(4)16-28-54;1-6-8-9-45-14-25-53(26-15-45)65(54-28-21-51(22-29-54)64-40-46-34-47(41-64)39-63(38-46,42-64)50-19-12-44(7-2)13-20-50)56-30-32-58-59-33-31-57(37-61(59)62(4,5)60(58)36-56)66(52-23-10-43(3)11-24-52)55-27-18-48-16-17-49(48)35-55/h10,13-34,36-37,49-50H,2,9,11-12,35,38-42H2,1,3-8H3;7,10-15,18-33,35-37,46-47H,2,6,8-9,16-17,34,38-42H2,1,3-5H3. The highest BCUT2D eigenvalue weighted by Crippen LogP contribution is 2.69. The summed E-state index contributed by atoms with van der Waals surface area (Å²) in [4.78, 5) is 9.98. The molecule has 8 saturated carbocycles. The van der Waals surface area contributed by atoms with Crippen molar-refractivity contribution in [1.82, 2.24) is 0 Å². The molecule has 0 spiro atoms. The van der Waals surface area contributed by atoms with E-state index in [1.54, 1.807) is 22.3 Å². The van der Waals surface area contributed by atoms with Crippen LogP contribution in [0.25, 0.3) is 34.4 Å². The summed E-state index contributed by atoms with van der Waals surface area (Å²) in [6.07, 6.45) is 29.4. The monoisotopic (exact) mass is 1740 g/mol. The van der Waals surface area contributed by atoms with Crippen molar-refractivity contribution in [3.63, 3.8) is 0 Å². The van der Waals surface area contributed by atoms with E-state index in [0.29, 0.717) is 0 Å². The predicted molar refractivity (Wildman–Crippen MR) is 564 cm³/mol. The molecule has 0 radical (unpaired) electrons. The van der Waals surface area contributed by atoms with Crippen LogP contribution in [0.4, 0.5) is 68.2 Å². The molecule has 668 valence electrons. The molecule has 0 aromatic heterocycles. The molecule has 4 atom stereocenters. The number of hydrogen-bond acceptors (Lipinski definition) is 4. The number of nitrogens with zero attached hydrogens (tertiary/aromatic N) is 4. The predicted octanol–water partition coefficient (Wildman–Crippen LogP) is 35.1. The van der Waals surface area contributed by atoms with Crippen molar-refractivity contribution < 1.29 is 0 Å². The van der Waals surface area contributed by atoms with Gasteiger partial charge in [-0.2, -0.15) is 0 Å². The lowest BCUT2D eigenvalue weighted by Gasteiger charge is -2.63. The van der Waals surface area contributed by atoms with Gasteiger partial charge < -0.3 is 19.6 Å². The van der Waals surface area contributed by atoms with Gasteiger partial charge in [0.2, 0.25) is 0 Å². The molecule has 11 aliphatic rings. The summed E-state index contributed by atoms with van der Waals surface area (Å²) in [5, 5.41) is 0. The van der Waals surface area contributed by atoms with Crippen molar-refractivity contribution in [3.8, 4) is 22.3 Å². The topological polar surface area (TPSA) is 13.0 Å². The Morgan fingerprint density at radius 2 is 0.564 bits per heavy atom. The summed E-state index contributed by atoms with van der Waals surface area (Å²) in [6.45, 7) is 33.5. The van der Waals surface area contributed by atoms with Gasteiger partial charge in [0.25, 0.3) is 0 Å². The van der Waals surface area contributed by atoms with Crippen molar-refractivity contribution in [3.05, 3.63) is 416 Å². The normalized spacial score (nSPS) is 22.2. The Morgan fingerprint density at radius 3 is 0.880 bits per heavy atom. The third-order valence-corrected chi connectivity index (χ3v) is 34.1. The molecule has 133 heavy (non-hydrogen) atoms. The highest BCUT2D eigenvalue weighted by Gasteiger charge is 2.60. The third kappa shape index (κ3) is 15.3. The van der Waals surface area contributed by atoms with Crippen molar-refractivity contribution in [2.24, 2.45) is 23.7 Å². The highest BCUT2D eigenvalue weighted by atomic mass is 15.2. The Bertz CT molecular complexity index is 6690. The molecule has 14 aromatic carbocycles. The van der Waals surface area contributed by atoms with Crippen molar-refractivity contribution in [1.29, 1.82) is 0 Å². The minimum absolute atomic E-state index is 0.198. The maximum Gasteiger partial charge on any atom is 0.0494 e. The highest BCUT2D eigenvalue weighted by molar-refractivity contribution is 5.93. The van der Waals surface area contributed by atoms with E-state index in [-0.39, 0.29) is 32.5 Å². The molecular weight excluding hydrogens is 1610 g/mol. The van der Waals surface area contributed by atoms with Crippen LogP contribution in [0.1, 0.15) is 250 Å². The maximum absolute atomic E-state index is 4.04. The first-order chi connectivity index (χ1) is 64.5. The van der Waals surface area contributed by atoms with Crippen LogP contribution >= 0.6 is 0 Å². The number of aryl methyl sites for hydroxylation is 9. The van der Waals surface area contributed by atoms with Gasteiger partial charge in [-0.15, -0.1) is 0 Å². The SMILES string of the molecule is C=Cc1ccc(C23CC4CC(C2)CC(c2ccc(N(c5ccc(CCCC)cc5)c5cc6c(cc5C)-c5cc(C)c(N(c7ccc(C)cc7)c7ccc(C)cc7)cc5C6(C)C)cc2)(C4)C3)cc1.C=Cc1ccc(C23CC4CC(C2)CC(c2ccc(N(c5ccc(CCCC)cc5)c5ccc6c(c5)C(C)(C)c5cc(N(c7ccc(C)cc7)c7ccc8c(c7)CC8)ccc5-6)cc2)(C4)C3)cc1. The Morgan fingerprint density at radius 1 is 0.286 bits per heavy atom. The van der Waals surface area contributed by atoms with Crippen LogP contribution in [0.2, 0.25) is 0 Å². The zero-order valence-corrected chi connectivity index (χ0v) is 80.6. The van der Waals surface area contributed by atoms with E-state index in [0.717, 1.165) is 36.5 Å². The van der Waals surface area contributed by atoms with Crippen LogP contribution in [-0.2, 0) is 58.2 Å². The molecule has 0 N–H and O–H groups in total. The average Bonchev–Trinajstić information content (AvgIpc) is 1.23. The second-order valence-electron chi connectivity index (χ2n) is 43.7. The van der Waals surface area contributed by atoms with E-state index < -0.39 is 0 Å². The second kappa shape index (κ2) is 33.7. The quantitative estimate of drug-likeness (QED) is 0.0598. The van der Waals surface area contributed by atoms with Crippen LogP contribution < -0.4 is 19.6 Å². The van der Waals surface area contributed by atoms with Crippen molar-refractivity contribution in [2.75, 3.05) is 19.6 Å². The molecular formula is C129H132N4. The summed E-state index contributed by atoms with van der Waals surface area (Å²) in [5.74, 6) is 3.22. The zero-order chi connectivity index (χ0) is 91.0. The van der Waals surface area contributed by atoms with Crippen molar-refractivity contribution in [2.45, 2.75) is 237 Å². The first-order valence-corrected chi connectivity index (χ1v) is 50.5. The Labute approximate surface area is 793 Å². The van der Waals surface area contributed by atoms with Crippen molar-refractivity contribution >= 4 is 80.4 Å². The summed E-state index contributed by atoms with van der Waals surface area (Å²) < 4.78 is 0. The minimum Gasteiger partial charge on any atom is -0.310 e. The number of anilines is 12. The number of fused-ring (bicyclic) bond motifs is 7. The number of rotatable bonds is 24. The zero-order valence-electron chi connectivity index (χ0n) is 80.6. The number of benzene rings is 14. The van der Waals surface area contributed by atoms with Gasteiger partial charge in [0.05, 0.1) is 0 Å². The lowest BCUT2D eigenvalue weighted by molar-refractivity contribution is -0.0282. The lowest BCUT2D eigenvalue weighted by atomic mass is 9.41. The summed E-state index contributed by atoms with van der Waals surface area (Å²) >= 11 is 0. The van der Waals surface area contributed by atoms with E-state index >= 15 is 0 Å². The molecule has 0 aliphatic heterocycles. The molecule has 4 unspecified atom stereocenters. The first kappa shape index (κ1) is 86.2. The Kier molecular flexibility index (Phi) is 21.9. The molecule has 8 bridgehead atoms. The van der Waals surface area contributed by atoms with E-state index in [4.69, 9.17) is 0 Å². The molecule has 4 heteroatoms. The molecule has 14 aromatic rings. The van der Waals surface area contributed by atoms with Gasteiger partial charge in [0, 0.05) is 79.1 Å². The minimum atomic E-state index is -0.220. The van der Waals surface area contributed by atoms with Crippen LogP contribution in [0.15, 0.2) is 310 Å². The second-order valence-corrected chi connectivity index (χ2v) is 43.7. The van der Waals surface area contributed by atoms with Gasteiger partial charge >= 0.3 is 0 Å². The first-order valence-electron chi connectivity index (χ1n) is 50.5. The average molecular weight is 1740 g/mol. The lowest BCUT2D eigenvalue weighted by Crippen LogP contribution is -2.55. The van der Waals surface area contributed by atoms with Gasteiger partial charge in [-0.1, -0.05) is 248 Å². The third-order valence-electron chi connectivity index (χ3n) is 34.1. The number of hydrogen-bond donors (Lipinski definition) is 0. The number of unbranched alkanes of at least 4 members (excludes halogenated alkanes) is 2. The summed E-state index contributed by atoms with van der Waals surface area (Å²) in [7, 11) is 0. The van der Waals surface area contributed by atoms with Gasteiger partial charge in [-0.05, 0) is 452 Å². The van der Waals surface area contributed by atoms with Crippen LogP contribution in [0, 0.1) is 58.3 Å². The fourth-order valence-electron chi connectivity index (χ4n) is 27.8. The van der Waals surface area contributed by atoms with Crippen LogP contribution in [0.3, 0.4) is 0 Å². The van der Waals surface area contributed by atoms with Gasteiger partial charge in [-0.25, -0.2) is 0 Å².